The number of fused-ring (bicyclic) bond motifs is 1. The number of aliphatic imine (C=N–C) groups is 1. The van der Waals surface area contributed by atoms with E-state index in [1.807, 2.05) is 30.5 Å². The van der Waals surface area contributed by atoms with E-state index < -0.39 is 16.8 Å². The van der Waals surface area contributed by atoms with Crippen molar-refractivity contribution in [2.24, 2.45) is 10.9 Å². The third kappa shape index (κ3) is 2.04. The van der Waals surface area contributed by atoms with Gasteiger partial charge in [0.1, 0.15) is 4.87 Å². The molecule has 2 heterocycles. The topological polar surface area (TPSA) is 66.7 Å². The van der Waals surface area contributed by atoms with E-state index in [1.165, 1.54) is 18.0 Å². The zero-order valence-corrected chi connectivity index (χ0v) is 13.1. The standard InChI is InChI=1S/C17H15NO3S/c1-10-9-22-17(11(2)16(20)21)14(10)13(8-18-17)15(19)12-6-4-3-5-7-12/h3-9,11H,1-2H3,(H,20,21). The fourth-order valence-electron chi connectivity index (χ4n) is 2.82. The Morgan fingerprint density at radius 1 is 1.27 bits per heavy atom. The highest BCUT2D eigenvalue weighted by Gasteiger charge is 2.51. The predicted octanol–water partition coefficient (Wildman–Crippen LogP) is 3.32. The maximum absolute atomic E-state index is 12.7. The van der Waals surface area contributed by atoms with Gasteiger partial charge in [-0.05, 0) is 24.8 Å². The van der Waals surface area contributed by atoms with Gasteiger partial charge in [0.25, 0.3) is 0 Å². The second-order valence-corrected chi connectivity index (χ2v) is 6.51. The molecule has 2 atom stereocenters. The molecule has 1 aromatic rings. The Morgan fingerprint density at radius 3 is 2.59 bits per heavy atom. The SMILES string of the molecule is CC1=CSC2(C(C)C(=O)O)N=CC(C(=O)c3ccccc3)=C12. The van der Waals surface area contributed by atoms with Gasteiger partial charge in [-0.3, -0.25) is 14.6 Å². The molecule has 5 heteroatoms. The van der Waals surface area contributed by atoms with Gasteiger partial charge >= 0.3 is 5.97 Å². The summed E-state index contributed by atoms with van der Waals surface area (Å²) in [6, 6.07) is 8.98. The molecule has 1 aromatic carbocycles. The van der Waals surface area contributed by atoms with Gasteiger partial charge in [-0.25, -0.2) is 0 Å². The van der Waals surface area contributed by atoms with Gasteiger partial charge in [-0.1, -0.05) is 42.1 Å². The molecule has 1 N–H and O–H groups in total. The maximum Gasteiger partial charge on any atom is 0.309 e. The average Bonchev–Trinajstić information content (AvgIpc) is 3.06. The molecule has 112 valence electrons. The number of Topliss-reactive ketones (excluding diaryl/α,β-unsaturated/α-hetero) is 1. The molecular formula is C17H15NO3S. The number of hydrogen-bond donors (Lipinski definition) is 1. The second-order valence-electron chi connectivity index (χ2n) is 5.42. The Bertz CT molecular complexity index is 748. The van der Waals surface area contributed by atoms with Crippen LogP contribution in [-0.4, -0.2) is 27.9 Å². The van der Waals surface area contributed by atoms with Crippen molar-refractivity contribution in [1.29, 1.82) is 0 Å². The van der Waals surface area contributed by atoms with Crippen molar-refractivity contribution >= 4 is 29.7 Å². The first-order valence-electron chi connectivity index (χ1n) is 6.95. The van der Waals surface area contributed by atoms with Crippen molar-refractivity contribution in [3.8, 4) is 0 Å². The Morgan fingerprint density at radius 2 is 1.95 bits per heavy atom. The molecule has 0 saturated heterocycles. The van der Waals surface area contributed by atoms with E-state index >= 15 is 0 Å². The second kappa shape index (κ2) is 5.25. The van der Waals surface area contributed by atoms with E-state index in [0.29, 0.717) is 11.1 Å². The van der Waals surface area contributed by atoms with Gasteiger partial charge in [0.2, 0.25) is 0 Å². The summed E-state index contributed by atoms with van der Waals surface area (Å²) < 4.78 is 0. The summed E-state index contributed by atoms with van der Waals surface area (Å²) in [6.07, 6.45) is 1.54. The van der Waals surface area contributed by atoms with E-state index in [4.69, 9.17) is 0 Å². The summed E-state index contributed by atoms with van der Waals surface area (Å²) in [5.41, 5.74) is 2.73. The summed E-state index contributed by atoms with van der Waals surface area (Å²) in [5, 5.41) is 11.3. The van der Waals surface area contributed by atoms with E-state index in [9.17, 15) is 14.7 Å². The quantitative estimate of drug-likeness (QED) is 0.866. The molecule has 0 aliphatic carbocycles. The van der Waals surface area contributed by atoms with Crippen LogP contribution in [0.3, 0.4) is 0 Å². The number of allylic oxidation sites excluding steroid dienone is 1. The van der Waals surface area contributed by atoms with Crippen LogP contribution in [-0.2, 0) is 4.79 Å². The number of aliphatic carboxylic acids is 1. The lowest BCUT2D eigenvalue weighted by molar-refractivity contribution is -0.141. The summed E-state index contributed by atoms with van der Waals surface area (Å²) in [5.74, 6) is -1.74. The minimum atomic E-state index is -0.918. The summed E-state index contributed by atoms with van der Waals surface area (Å²) in [7, 11) is 0. The third-order valence-corrected chi connectivity index (χ3v) is 5.55. The highest BCUT2D eigenvalue weighted by Crippen LogP contribution is 2.54. The van der Waals surface area contributed by atoms with Crippen LogP contribution in [0.15, 0.2) is 57.5 Å². The van der Waals surface area contributed by atoms with Crippen molar-refractivity contribution in [3.05, 3.63) is 58.0 Å². The molecule has 0 bridgehead atoms. The lowest BCUT2D eigenvalue weighted by Gasteiger charge is -2.27. The lowest BCUT2D eigenvalue weighted by Crippen LogP contribution is -2.35. The van der Waals surface area contributed by atoms with Crippen LogP contribution in [0.1, 0.15) is 24.2 Å². The number of carbonyl (C=O) groups excluding carboxylic acids is 1. The molecule has 2 aliphatic rings. The molecule has 0 fully saturated rings. The zero-order valence-electron chi connectivity index (χ0n) is 12.2. The molecule has 3 rings (SSSR count). The minimum absolute atomic E-state index is 0.117. The molecule has 0 radical (unpaired) electrons. The number of rotatable bonds is 4. The molecule has 0 amide bonds. The molecule has 0 saturated carbocycles. The molecular weight excluding hydrogens is 298 g/mol. The van der Waals surface area contributed by atoms with E-state index in [1.54, 1.807) is 19.1 Å². The molecule has 22 heavy (non-hydrogen) atoms. The van der Waals surface area contributed by atoms with E-state index in [0.717, 1.165) is 11.1 Å². The molecule has 4 nitrogen and oxygen atoms in total. The van der Waals surface area contributed by atoms with Crippen molar-refractivity contribution in [1.82, 2.24) is 0 Å². The minimum Gasteiger partial charge on any atom is -0.481 e. The molecule has 0 aromatic heterocycles. The summed E-state index contributed by atoms with van der Waals surface area (Å²) in [4.78, 5) is 27.7. The Labute approximate surface area is 132 Å². The fourth-order valence-corrected chi connectivity index (χ4v) is 4.10. The summed E-state index contributed by atoms with van der Waals surface area (Å²) in [6.45, 7) is 3.53. The number of hydrogen-bond acceptors (Lipinski definition) is 4. The van der Waals surface area contributed by atoms with Crippen LogP contribution in [0.4, 0.5) is 0 Å². The van der Waals surface area contributed by atoms with Gasteiger partial charge in [0, 0.05) is 22.9 Å². The number of carbonyl (C=O) groups is 2. The van der Waals surface area contributed by atoms with Gasteiger partial charge in [-0.15, -0.1) is 0 Å². The first kappa shape index (κ1) is 14.8. The van der Waals surface area contributed by atoms with Gasteiger partial charge in [-0.2, -0.15) is 0 Å². The number of ketones is 1. The smallest absolute Gasteiger partial charge is 0.309 e. The largest absolute Gasteiger partial charge is 0.481 e. The van der Waals surface area contributed by atoms with Crippen molar-refractivity contribution in [3.63, 3.8) is 0 Å². The van der Waals surface area contributed by atoms with Crippen LogP contribution in [0.25, 0.3) is 0 Å². The first-order valence-corrected chi connectivity index (χ1v) is 7.83. The summed E-state index contributed by atoms with van der Waals surface area (Å²) >= 11 is 1.37. The molecule has 0 spiro atoms. The average molecular weight is 313 g/mol. The van der Waals surface area contributed by atoms with Gasteiger partial charge in [0.05, 0.1) is 5.92 Å². The third-order valence-electron chi connectivity index (χ3n) is 4.06. The van der Waals surface area contributed by atoms with Gasteiger partial charge < -0.3 is 5.11 Å². The number of benzene rings is 1. The van der Waals surface area contributed by atoms with Crippen molar-refractivity contribution < 1.29 is 14.7 Å². The highest BCUT2D eigenvalue weighted by molar-refractivity contribution is 8.04. The number of carboxylic acid groups (broad SMARTS) is 1. The zero-order chi connectivity index (χ0) is 15.9. The highest BCUT2D eigenvalue weighted by atomic mass is 32.2. The Balaban J connectivity index is 2.10. The van der Waals surface area contributed by atoms with E-state index in [2.05, 4.69) is 4.99 Å². The molecule has 2 aliphatic heterocycles. The number of thioether (sulfide) groups is 1. The van der Waals surface area contributed by atoms with Crippen molar-refractivity contribution in [2.45, 2.75) is 18.7 Å². The van der Waals surface area contributed by atoms with Crippen LogP contribution >= 0.6 is 11.8 Å². The van der Waals surface area contributed by atoms with Crippen LogP contribution in [0.2, 0.25) is 0 Å². The normalized spacial score (nSPS) is 24.2. The first-order chi connectivity index (χ1) is 10.5. The fraction of sp³-hybridized carbons (Fsp3) is 0.235. The maximum atomic E-state index is 12.7. The van der Waals surface area contributed by atoms with E-state index in [-0.39, 0.29) is 5.78 Å². The monoisotopic (exact) mass is 313 g/mol. The Kier molecular flexibility index (Phi) is 3.53. The van der Waals surface area contributed by atoms with Crippen molar-refractivity contribution in [2.75, 3.05) is 0 Å². The van der Waals surface area contributed by atoms with Crippen LogP contribution in [0.5, 0.6) is 0 Å². The predicted molar refractivity (Wildman–Crippen MR) is 87.2 cm³/mol. The lowest BCUT2D eigenvalue weighted by atomic mass is 9.87. The molecule has 2 unspecified atom stereocenters. The Hall–Kier alpha value is -2.14. The van der Waals surface area contributed by atoms with Crippen LogP contribution < -0.4 is 0 Å². The number of carboxylic acids is 1. The van der Waals surface area contributed by atoms with Gasteiger partial charge in [0.15, 0.2) is 5.78 Å². The van der Waals surface area contributed by atoms with Crippen LogP contribution in [0, 0.1) is 5.92 Å². The number of nitrogens with zero attached hydrogens (tertiary/aromatic N) is 1.